The fourth-order valence-electron chi connectivity index (χ4n) is 2.95. The molecule has 18 heavy (non-hydrogen) atoms. The van der Waals surface area contributed by atoms with Crippen LogP contribution in [0.25, 0.3) is 4.96 Å². The van der Waals surface area contributed by atoms with Crippen molar-refractivity contribution in [3.8, 4) is 0 Å². The second-order valence-corrected chi connectivity index (χ2v) is 6.50. The van der Waals surface area contributed by atoms with Crippen molar-refractivity contribution in [1.82, 2.24) is 9.38 Å². The summed E-state index contributed by atoms with van der Waals surface area (Å²) in [6.07, 6.45) is 6.04. The maximum absolute atomic E-state index is 5.79. The second-order valence-electron chi connectivity index (χ2n) is 5.43. The maximum Gasteiger partial charge on any atom is 0.194 e. The largest absolute Gasteiger partial charge is 0.330 e. The van der Waals surface area contributed by atoms with E-state index < -0.39 is 0 Å². The molecule has 2 N–H and O–H groups in total. The molecule has 0 amide bonds. The van der Waals surface area contributed by atoms with E-state index in [-0.39, 0.29) is 0 Å². The molecule has 2 aromatic rings. The number of aryl methyl sites for hydroxylation is 2. The van der Waals surface area contributed by atoms with Crippen LogP contribution >= 0.6 is 11.3 Å². The molecule has 98 valence electrons. The zero-order valence-electron chi connectivity index (χ0n) is 11.2. The van der Waals surface area contributed by atoms with Crippen molar-refractivity contribution in [3.63, 3.8) is 0 Å². The van der Waals surface area contributed by atoms with E-state index in [1.165, 1.54) is 47.7 Å². The molecule has 4 heteroatoms. The van der Waals surface area contributed by atoms with E-state index in [1.807, 2.05) is 11.3 Å². The topological polar surface area (TPSA) is 43.3 Å². The molecule has 0 saturated heterocycles. The Balaban J connectivity index is 2.22. The highest BCUT2D eigenvalue weighted by Gasteiger charge is 2.22. The number of hydrogen-bond donors (Lipinski definition) is 1. The zero-order chi connectivity index (χ0) is 12.7. The van der Waals surface area contributed by atoms with Gasteiger partial charge >= 0.3 is 0 Å². The molecule has 1 aliphatic carbocycles. The van der Waals surface area contributed by atoms with Crippen molar-refractivity contribution >= 4 is 16.3 Å². The van der Waals surface area contributed by atoms with Crippen LogP contribution in [0.4, 0.5) is 0 Å². The summed E-state index contributed by atoms with van der Waals surface area (Å²) >= 11 is 1.89. The summed E-state index contributed by atoms with van der Waals surface area (Å²) in [6.45, 7) is 5.15. The van der Waals surface area contributed by atoms with Gasteiger partial charge in [0.1, 0.15) is 0 Å². The van der Waals surface area contributed by atoms with Crippen molar-refractivity contribution in [2.45, 2.75) is 51.9 Å². The lowest BCUT2D eigenvalue weighted by Gasteiger charge is -2.13. The van der Waals surface area contributed by atoms with E-state index in [0.29, 0.717) is 12.5 Å². The molecule has 0 atom stereocenters. The first-order chi connectivity index (χ1) is 8.72. The molecule has 1 aliphatic rings. The molecular formula is C14H21N3S. The zero-order valence-corrected chi connectivity index (χ0v) is 12.0. The minimum Gasteiger partial charge on any atom is -0.330 e. The van der Waals surface area contributed by atoms with Gasteiger partial charge in [-0.25, -0.2) is 4.98 Å². The Labute approximate surface area is 112 Å². The molecule has 0 bridgehead atoms. The Kier molecular flexibility index (Phi) is 3.16. The van der Waals surface area contributed by atoms with Gasteiger partial charge in [-0.2, -0.15) is 0 Å². The number of nitrogens with two attached hydrogens (primary N) is 1. The highest BCUT2D eigenvalue weighted by molar-refractivity contribution is 7.17. The Morgan fingerprint density at radius 1 is 1.33 bits per heavy atom. The third kappa shape index (κ3) is 1.79. The van der Waals surface area contributed by atoms with Gasteiger partial charge < -0.3 is 5.73 Å². The van der Waals surface area contributed by atoms with Crippen LogP contribution in [0.3, 0.4) is 0 Å². The third-order valence-electron chi connectivity index (χ3n) is 3.77. The van der Waals surface area contributed by atoms with Gasteiger partial charge in [0.15, 0.2) is 4.96 Å². The van der Waals surface area contributed by atoms with Gasteiger partial charge in [-0.05, 0) is 38.1 Å². The number of rotatable bonds is 3. The lowest BCUT2D eigenvalue weighted by molar-refractivity contribution is 0.667. The fourth-order valence-corrected chi connectivity index (χ4v) is 4.19. The number of hydrogen-bond acceptors (Lipinski definition) is 3. The first kappa shape index (κ1) is 12.2. The van der Waals surface area contributed by atoms with Crippen LogP contribution in [0, 0.1) is 0 Å². The first-order valence-corrected chi connectivity index (χ1v) is 7.76. The predicted octanol–water partition coefficient (Wildman–Crippen LogP) is 2.90. The molecule has 0 saturated carbocycles. The van der Waals surface area contributed by atoms with Crippen molar-refractivity contribution in [2.24, 2.45) is 5.73 Å². The van der Waals surface area contributed by atoms with Gasteiger partial charge in [-0.3, -0.25) is 4.40 Å². The molecule has 0 radical (unpaired) electrons. The van der Waals surface area contributed by atoms with E-state index in [2.05, 4.69) is 18.2 Å². The van der Waals surface area contributed by atoms with E-state index >= 15 is 0 Å². The second kappa shape index (κ2) is 4.67. The Hall–Kier alpha value is -0.870. The maximum atomic E-state index is 5.79. The van der Waals surface area contributed by atoms with E-state index in [1.54, 1.807) is 4.88 Å². The highest BCUT2D eigenvalue weighted by Crippen LogP contribution is 2.33. The molecule has 0 aromatic carbocycles. The molecule has 0 unspecified atom stereocenters. The summed E-state index contributed by atoms with van der Waals surface area (Å²) in [4.78, 5) is 7.60. The molecule has 2 heterocycles. The highest BCUT2D eigenvalue weighted by atomic mass is 32.1. The van der Waals surface area contributed by atoms with Gasteiger partial charge in [0, 0.05) is 22.7 Å². The van der Waals surface area contributed by atoms with Crippen molar-refractivity contribution < 1.29 is 0 Å². The van der Waals surface area contributed by atoms with Crippen LogP contribution in [-0.4, -0.2) is 15.9 Å². The van der Waals surface area contributed by atoms with Gasteiger partial charge in [-0.1, -0.05) is 13.8 Å². The molecule has 0 fully saturated rings. The summed E-state index contributed by atoms with van der Waals surface area (Å²) in [6, 6.07) is 0. The van der Waals surface area contributed by atoms with Crippen LogP contribution in [0.5, 0.6) is 0 Å². The minimum atomic E-state index is 0.484. The number of fused-ring (bicyclic) bond motifs is 3. The molecule has 0 aliphatic heterocycles. The summed E-state index contributed by atoms with van der Waals surface area (Å²) in [5.74, 6) is 0.484. The lowest BCUT2D eigenvalue weighted by atomic mass is 10.0. The first-order valence-electron chi connectivity index (χ1n) is 6.94. The number of nitrogens with zero attached hydrogens (tertiary/aromatic N) is 2. The normalized spacial score (nSPS) is 15.6. The minimum absolute atomic E-state index is 0.484. The van der Waals surface area contributed by atoms with Gasteiger partial charge in [0.25, 0.3) is 0 Å². The van der Waals surface area contributed by atoms with Crippen LogP contribution < -0.4 is 5.73 Å². The third-order valence-corrected chi connectivity index (χ3v) is 4.92. The molecule has 3 nitrogen and oxygen atoms in total. The van der Waals surface area contributed by atoms with E-state index in [0.717, 1.165) is 6.42 Å². The molecule has 3 rings (SSSR count). The quantitative estimate of drug-likeness (QED) is 0.925. The van der Waals surface area contributed by atoms with E-state index in [9.17, 15) is 0 Å². The van der Waals surface area contributed by atoms with Crippen LogP contribution in [0.1, 0.15) is 54.6 Å². The average molecular weight is 263 g/mol. The number of imidazole rings is 1. The standard InChI is InChI=1S/C14H21N3S/c1-9(2)13-11(7-8-15)17-10-5-3-4-6-12(10)18-14(17)16-13/h9H,3-8,15H2,1-2H3. The van der Waals surface area contributed by atoms with Crippen LogP contribution in [0.2, 0.25) is 0 Å². The average Bonchev–Trinajstić information content (AvgIpc) is 2.86. The molecule has 2 aromatic heterocycles. The summed E-state index contributed by atoms with van der Waals surface area (Å²) in [5.41, 5.74) is 9.92. The smallest absolute Gasteiger partial charge is 0.194 e. The Morgan fingerprint density at radius 3 is 2.83 bits per heavy atom. The monoisotopic (exact) mass is 263 g/mol. The number of thiazole rings is 1. The fraction of sp³-hybridized carbons (Fsp3) is 0.643. The van der Waals surface area contributed by atoms with Gasteiger partial charge in [0.2, 0.25) is 0 Å². The SMILES string of the molecule is CC(C)c1nc2sc3c(n2c1CCN)CCCC3. The molecular weight excluding hydrogens is 242 g/mol. The summed E-state index contributed by atoms with van der Waals surface area (Å²) < 4.78 is 2.42. The van der Waals surface area contributed by atoms with Crippen molar-refractivity contribution in [1.29, 1.82) is 0 Å². The summed E-state index contributed by atoms with van der Waals surface area (Å²) in [7, 11) is 0. The number of aromatic nitrogens is 2. The predicted molar refractivity (Wildman–Crippen MR) is 76.6 cm³/mol. The Bertz CT molecular complexity index is 565. The van der Waals surface area contributed by atoms with Gasteiger partial charge in [-0.15, -0.1) is 11.3 Å². The van der Waals surface area contributed by atoms with Crippen molar-refractivity contribution in [3.05, 3.63) is 22.0 Å². The van der Waals surface area contributed by atoms with E-state index in [4.69, 9.17) is 10.7 Å². The van der Waals surface area contributed by atoms with Crippen LogP contribution in [-0.2, 0) is 19.3 Å². The van der Waals surface area contributed by atoms with Crippen LogP contribution in [0.15, 0.2) is 0 Å². The van der Waals surface area contributed by atoms with Gasteiger partial charge in [0.05, 0.1) is 5.69 Å². The lowest BCUT2D eigenvalue weighted by Crippen LogP contribution is -2.11. The molecule has 0 spiro atoms. The summed E-state index contributed by atoms with van der Waals surface area (Å²) in [5, 5.41) is 0. The van der Waals surface area contributed by atoms with Crippen molar-refractivity contribution in [2.75, 3.05) is 6.54 Å². The Morgan fingerprint density at radius 2 is 2.11 bits per heavy atom.